The SMILES string of the molecule is CCNC(C(=O)O)c1nc(C)cs1. The van der Waals surface area contributed by atoms with Gasteiger partial charge in [-0.05, 0) is 13.5 Å². The maximum Gasteiger partial charge on any atom is 0.327 e. The lowest BCUT2D eigenvalue weighted by atomic mass is 10.3. The first-order chi connectivity index (χ1) is 6.15. The van der Waals surface area contributed by atoms with Gasteiger partial charge in [0, 0.05) is 11.1 Å². The second kappa shape index (κ2) is 4.34. The lowest BCUT2D eigenvalue weighted by molar-refractivity contribution is -0.139. The summed E-state index contributed by atoms with van der Waals surface area (Å²) in [5.74, 6) is -0.879. The van der Waals surface area contributed by atoms with Crippen LogP contribution in [0.5, 0.6) is 0 Å². The van der Waals surface area contributed by atoms with Gasteiger partial charge in [0.25, 0.3) is 0 Å². The molecule has 0 saturated heterocycles. The van der Waals surface area contributed by atoms with E-state index in [-0.39, 0.29) is 0 Å². The minimum Gasteiger partial charge on any atom is -0.480 e. The third-order valence-corrected chi connectivity index (χ3v) is 2.57. The van der Waals surface area contributed by atoms with E-state index in [1.165, 1.54) is 11.3 Å². The number of nitrogens with zero attached hydrogens (tertiary/aromatic N) is 1. The molecule has 0 aliphatic rings. The van der Waals surface area contributed by atoms with Gasteiger partial charge in [0.1, 0.15) is 5.01 Å². The topological polar surface area (TPSA) is 62.2 Å². The number of aromatic nitrogens is 1. The zero-order valence-corrected chi connectivity index (χ0v) is 8.39. The maximum absolute atomic E-state index is 10.8. The number of carbonyl (C=O) groups is 1. The molecule has 0 saturated carbocycles. The van der Waals surface area contributed by atoms with Gasteiger partial charge in [0.05, 0.1) is 0 Å². The van der Waals surface area contributed by atoms with Crippen LogP contribution in [-0.2, 0) is 4.79 Å². The Balaban J connectivity index is 2.81. The van der Waals surface area contributed by atoms with Gasteiger partial charge in [-0.25, -0.2) is 4.98 Å². The highest BCUT2D eigenvalue weighted by Gasteiger charge is 2.21. The molecule has 72 valence electrons. The number of carboxylic acid groups (broad SMARTS) is 1. The molecular weight excluding hydrogens is 188 g/mol. The normalized spacial score (nSPS) is 12.8. The molecule has 1 aromatic heterocycles. The Hall–Kier alpha value is -0.940. The molecule has 0 aliphatic carbocycles. The standard InChI is InChI=1S/C8H12N2O2S/c1-3-9-6(8(11)12)7-10-5(2)4-13-7/h4,6,9H,3H2,1-2H3,(H,11,12). The fourth-order valence-corrected chi connectivity index (χ4v) is 1.85. The average molecular weight is 200 g/mol. The highest BCUT2D eigenvalue weighted by atomic mass is 32.1. The number of thiazole rings is 1. The van der Waals surface area contributed by atoms with Crippen LogP contribution < -0.4 is 5.32 Å². The first kappa shape index (κ1) is 10.1. The fourth-order valence-electron chi connectivity index (χ4n) is 0.989. The van der Waals surface area contributed by atoms with E-state index in [0.29, 0.717) is 11.6 Å². The Morgan fingerprint density at radius 3 is 2.92 bits per heavy atom. The Morgan fingerprint density at radius 1 is 1.85 bits per heavy atom. The second-order valence-corrected chi connectivity index (χ2v) is 3.55. The lowest BCUT2D eigenvalue weighted by Gasteiger charge is -2.08. The highest BCUT2D eigenvalue weighted by molar-refractivity contribution is 7.09. The van der Waals surface area contributed by atoms with Crippen LogP contribution in [0.1, 0.15) is 23.7 Å². The Labute approximate surface area is 80.6 Å². The van der Waals surface area contributed by atoms with Crippen LogP contribution in [0.4, 0.5) is 0 Å². The number of hydrogen-bond donors (Lipinski definition) is 2. The van der Waals surface area contributed by atoms with Crippen molar-refractivity contribution in [1.29, 1.82) is 0 Å². The van der Waals surface area contributed by atoms with Gasteiger partial charge in [0.2, 0.25) is 0 Å². The van der Waals surface area contributed by atoms with Crippen molar-refractivity contribution in [3.63, 3.8) is 0 Å². The number of hydrogen-bond acceptors (Lipinski definition) is 4. The van der Waals surface area contributed by atoms with E-state index in [2.05, 4.69) is 10.3 Å². The summed E-state index contributed by atoms with van der Waals surface area (Å²) in [6, 6.07) is -0.663. The van der Waals surface area contributed by atoms with E-state index in [1.807, 2.05) is 19.2 Å². The van der Waals surface area contributed by atoms with Crippen molar-refractivity contribution >= 4 is 17.3 Å². The number of aliphatic carboxylic acids is 1. The number of carboxylic acids is 1. The number of aryl methyl sites for hydroxylation is 1. The van der Waals surface area contributed by atoms with Crippen LogP contribution in [0.2, 0.25) is 0 Å². The Bertz CT molecular complexity index is 298. The molecule has 0 bridgehead atoms. The van der Waals surface area contributed by atoms with E-state index in [1.54, 1.807) is 0 Å². The molecule has 0 fully saturated rings. The minimum absolute atomic E-state index is 0.617. The molecule has 2 N–H and O–H groups in total. The van der Waals surface area contributed by atoms with Crippen molar-refractivity contribution in [2.24, 2.45) is 0 Å². The van der Waals surface area contributed by atoms with E-state index in [0.717, 1.165) is 5.69 Å². The van der Waals surface area contributed by atoms with Crippen LogP contribution >= 0.6 is 11.3 Å². The van der Waals surface area contributed by atoms with Crippen LogP contribution in [0, 0.1) is 6.92 Å². The third-order valence-electron chi connectivity index (χ3n) is 1.54. The first-order valence-corrected chi connectivity index (χ1v) is 4.91. The van der Waals surface area contributed by atoms with Crippen molar-refractivity contribution in [1.82, 2.24) is 10.3 Å². The molecule has 1 unspecified atom stereocenters. The maximum atomic E-state index is 10.8. The Morgan fingerprint density at radius 2 is 2.54 bits per heavy atom. The average Bonchev–Trinajstić information content (AvgIpc) is 2.46. The van der Waals surface area contributed by atoms with Crippen LogP contribution in [0.25, 0.3) is 0 Å². The van der Waals surface area contributed by atoms with E-state index >= 15 is 0 Å². The molecule has 4 nitrogen and oxygen atoms in total. The largest absolute Gasteiger partial charge is 0.480 e. The second-order valence-electron chi connectivity index (χ2n) is 2.66. The summed E-state index contributed by atoms with van der Waals surface area (Å²) in [7, 11) is 0. The minimum atomic E-state index is -0.879. The smallest absolute Gasteiger partial charge is 0.327 e. The zero-order chi connectivity index (χ0) is 9.84. The molecule has 1 aromatic rings. The molecule has 0 aliphatic heterocycles. The van der Waals surface area contributed by atoms with Gasteiger partial charge in [0.15, 0.2) is 6.04 Å². The molecule has 0 aromatic carbocycles. The number of nitrogens with one attached hydrogen (secondary N) is 1. The quantitative estimate of drug-likeness (QED) is 0.766. The summed E-state index contributed by atoms with van der Waals surface area (Å²) >= 11 is 1.37. The first-order valence-electron chi connectivity index (χ1n) is 4.03. The van der Waals surface area contributed by atoms with Crippen molar-refractivity contribution in [3.05, 3.63) is 16.1 Å². The summed E-state index contributed by atoms with van der Waals surface area (Å²) in [6.45, 7) is 4.34. The highest BCUT2D eigenvalue weighted by Crippen LogP contribution is 2.17. The van der Waals surface area contributed by atoms with E-state index < -0.39 is 12.0 Å². The zero-order valence-electron chi connectivity index (χ0n) is 7.57. The summed E-state index contributed by atoms with van der Waals surface area (Å²) in [6.07, 6.45) is 0. The predicted molar refractivity (Wildman–Crippen MR) is 50.9 cm³/mol. The van der Waals surface area contributed by atoms with E-state index in [9.17, 15) is 4.79 Å². The van der Waals surface area contributed by atoms with Crippen LogP contribution in [0.15, 0.2) is 5.38 Å². The molecule has 1 rings (SSSR count). The molecule has 0 amide bonds. The fraction of sp³-hybridized carbons (Fsp3) is 0.500. The van der Waals surface area contributed by atoms with Crippen molar-refractivity contribution in [3.8, 4) is 0 Å². The molecular formula is C8H12N2O2S. The van der Waals surface area contributed by atoms with Gasteiger partial charge >= 0.3 is 5.97 Å². The van der Waals surface area contributed by atoms with Gasteiger partial charge < -0.3 is 5.11 Å². The monoisotopic (exact) mass is 200 g/mol. The van der Waals surface area contributed by atoms with Crippen molar-refractivity contribution < 1.29 is 9.90 Å². The van der Waals surface area contributed by atoms with Gasteiger partial charge in [-0.1, -0.05) is 6.92 Å². The van der Waals surface area contributed by atoms with Crippen LogP contribution in [0.3, 0.4) is 0 Å². The predicted octanol–water partition coefficient (Wildman–Crippen LogP) is 1.19. The molecule has 5 heteroatoms. The van der Waals surface area contributed by atoms with Gasteiger partial charge in [-0.15, -0.1) is 11.3 Å². The summed E-state index contributed by atoms with van der Waals surface area (Å²) in [5, 5.41) is 14.2. The third kappa shape index (κ3) is 2.50. The number of rotatable bonds is 4. The molecule has 1 atom stereocenters. The molecule has 0 spiro atoms. The van der Waals surface area contributed by atoms with Gasteiger partial charge in [-0.2, -0.15) is 0 Å². The van der Waals surface area contributed by atoms with Gasteiger partial charge in [-0.3, -0.25) is 10.1 Å². The summed E-state index contributed by atoms with van der Waals surface area (Å²) in [4.78, 5) is 14.9. The molecule has 0 radical (unpaired) electrons. The summed E-state index contributed by atoms with van der Waals surface area (Å²) in [5.41, 5.74) is 0.865. The lowest BCUT2D eigenvalue weighted by Crippen LogP contribution is -2.28. The number of likely N-dealkylation sites (N-methyl/N-ethyl adjacent to an activating group) is 1. The van der Waals surface area contributed by atoms with Crippen molar-refractivity contribution in [2.75, 3.05) is 6.54 Å². The summed E-state index contributed by atoms with van der Waals surface area (Å²) < 4.78 is 0. The van der Waals surface area contributed by atoms with E-state index in [4.69, 9.17) is 5.11 Å². The molecule has 1 heterocycles. The van der Waals surface area contributed by atoms with Crippen molar-refractivity contribution in [2.45, 2.75) is 19.9 Å². The Kier molecular flexibility index (Phi) is 3.39. The molecule has 13 heavy (non-hydrogen) atoms. The van der Waals surface area contributed by atoms with Crippen LogP contribution in [-0.4, -0.2) is 22.6 Å².